The topological polar surface area (TPSA) is 93.2 Å². The number of rotatable bonds is 5. The number of nitrogens with one attached hydrogen (secondary N) is 2. The van der Waals surface area contributed by atoms with Gasteiger partial charge in [-0.05, 0) is 13.8 Å². The normalized spacial score (nSPS) is 18.5. The lowest BCUT2D eigenvalue weighted by atomic mass is 10.1. The summed E-state index contributed by atoms with van der Waals surface area (Å²) in [6.07, 6.45) is 0. The Morgan fingerprint density at radius 1 is 1.60 bits per heavy atom. The number of ether oxygens (including phenoxy) is 1. The number of hydrogen-bond donors (Lipinski definition) is 2. The van der Waals surface area contributed by atoms with E-state index in [9.17, 15) is 9.59 Å². The molecule has 0 radical (unpaired) electrons. The van der Waals surface area contributed by atoms with Crippen molar-refractivity contribution in [1.29, 1.82) is 0 Å². The van der Waals surface area contributed by atoms with Gasteiger partial charge < -0.3 is 15.4 Å². The highest BCUT2D eigenvalue weighted by atomic mass is 32.2. The third kappa shape index (κ3) is 3.48. The summed E-state index contributed by atoms with van der Waals surface area (Å²) in [6.45, 7) is 3.79. The van der Waals surface area contributed by atoms with Crippen molar-refractivity contribution in [2.24, 2.45) is 0 Å². The fraction of sp³-hybridized carbons (Fsp3) is 0.455. The summed E-state index contributed by atoms with van der Waals surface area (Å²) in [7, 11) is 0. The van der Waals surface area contributed by atoms with Crippen LogP contribution in [-0.2, 0) is 9.53 Å². The molecule has 2 N–H and O–H groups in total. The number of amides is 2. The monoisotopic (exact) mass is 314 g/mol. The van der Waals surface area contributed by atoms with Gasteiger partial charge in [0.2, 0.25) is 0 Å². The molecular formula is C11H14N4O3S2. The molecule has 1 aromatic rings. The minimum Gasteiger partial charge on any atom is -0.463 e. The van der Waals surface area contributed by atoms with E-state index in [-0.39, 0.29) is 12.1 Å². The number of hydrogen-bond acceptors (Lipinski definition) is 7. The van der Waals surface area contributed by atoms with Crippen molar-refractivity contribution >= 4 is 35.1 Å². The highest BCUT2D eigenvalue weighted by Crippen LogP contribution is 2.24. The number of nitrogens with zero attached hydrogens (tertiary/aromatic N) is 2. The van der Waals surface area contributed by atoms with Crippen LogP contribution in [0.3, 0.4) is 0 Å². The lowest BCUT2D eigenvalue weighted by molar-refractivity contribution is -0.138. The summed E-state index contributed by atoms with van der Waals surface area (Å²) in [5.74, 6) is 0.0153. The fourth-order valence-corrected chi connectivity index (χ4v) is 3.21. The van der Waals surface area contributed by atoms with E-state index in [2.05, 4.69) is 20.8 Å². The van der Waals surface area contributed by atoms with Gasteiger partial charge in [-0.3, -0.25) is 0 Å². The molecular weight excluding hydrogens is 300 g/mol. The van der Waals surface area contributed by atoms with Gasteiger partial charge in [-0.1, -0.05) is 23.1 Å². The highest BCUT2D eigenvalue weighted by molar-refractivity contribution is 8.01. The lowest BCUT2D eigenvalue weighted by Gasteiger charge is -2.26. The second kappa shape index (κ2) is 6.71. The van der Waals surface area contributed by atoms with Crippen molar-refractivity contribution in [2.75, 3.05) is 12.4 Å². The number of carbonyl (C=O) groups is 2. The first-order valence-electron chi connectivity index (χ1n) is 5.98. The van der Waals surface area contributed by atoms with Crippen LogP contribution in [0.25, 0.3) is 0 Å². The van der Waals surface area contributed by atoms with E-state index < -0.39 is 5.97 Å². The van der Waals surface area contributed by atoms with E-state index in [1.54, 1.807) is 19.4 Å². The van der Waals surface area contributed by atoms with Crippen LogP contribution in [0.1, 0.15) is 13.8 Å². The Bertz CT molecular complexity index is 530. The smallest absolute Gasteiger partial charge is 0.337 e. The van der Waals surface area contributed by atoms with Crippen molar-refractivity contribution < 1.29 is 14.3 Å². The van der Waals surface area contributed by atoms with Crippen LogP contribution in [0.5, 0.6) is 0 Å². The molecule has 1 aromatic heterocycles. The van der Waals surface area contributed by atoms with Gasteiger partial charge in [0.15, 0.2) is 4.34 Å². The van der Waals surface area contributed by atoms with Crippen molar-refractivity contribution in [2.45, 2.75) is 24.2 Å². The minimum absolute atomic E-state index is 0.291. The summed E-state index contributed by atoms with van der Waals surface area (Å²) in [4.78, 5) is 23.5. The quantitative estimate of drug-likeness (QED) is 0.625. The Balaban J connectivity index is 2.18. The molecule has 2 rings (SSSR count). The molecule has 0 aromatic carbocycles. The molecule has 0 aliphatic carbocycles. The summed E-state index contributed by atoms with van der Waals surface area (Å²) in [5.41, 5.74) is 2.63. The van der Waals surface area contributed by atoms with Gasteiger partial charge in [0.25, 0.3) is 0 Å². The van der Waals surface area contributed by atoms with Gasteiger partial charge in [-0.15, -0.1) is 10.2 Å². The summed E-state index contributed by atoms with van der Waals surface area (Å²) in [5, 5.41) is 13.0. The molecule has 0 bridgehead atoms. The molecule has 1 atom stereocenters. The molecule has 0 saturated heterocycles. The van der Waals surface area contributed by atoms with Crippen LogP contribution in [0.4, 0.5) is 4.79 Å². The summed E-state index contributed by atoms with van der Waals surface area (Å²) in [6, 6.07) is -0.703. The number of carbonyl (C=O) groups excluding carboxylic acids is 2. The van der Waals surface area contributed by atoms with E-state index in [4.69, 9.17) is 4.74 Å². The standard InChI is InChI=1S/C11H14N4O3S2/c1-3-18-9(16)8-6(2)13-10(17)14-7(8)4-19-11-15-12-5-20-11/h5-6H,3-4H2,1-2H3,(H2,13,14,17)/t6-/m0/s1. The van der Waals surface area contributed by atoms with Crippen LogP contribution in [-0.4, -0.2) is 40.6 Å². The Morgan fingerprint density at radius 2 is 2.40 bits per heavy atom. The predicted molar refractivity (Wildman–Crippen MR) is 75.4 cm³/mol. The highest BCUT2D eigenvalue weighted by Gasteiger charge is 2.29. The molecule has 0 saturated carbocycles. The zero-order chi connectivity index (χ0) is 14.5. The Kier molecular flexibility index (Phi) is 4.96. The Morgan fingerprint density at radius 3 is 3.05 bits per heavy atom. The molecule has 2 heterocycles. The summed E-state index contributed by atoms with van der Waals surface area (Å²) < 4.78 is 5.81. The molecule has 2 amide bonds. The molecule has 20 heavy (non-hydrogen) atoms. The van der Waals surface area contributed by atoms with Crippen LogP contribution in [0, 0.1) is 0 Å². The molecule has 9 heteroatoms. The van der Waals surface area contributed by atoms with Crippen molar-refractivity contribution in [1.82, 2.24) is 20.8 Å². The SMILES string of the molecule is CCOC(=O)C1=C(CSc2nncs2)NC(=O)N[C@H]1C. The van der Waals surface area contributed by atoms with Gasteiger partial charge >= 0.3 is 12.0 Å². The Hall–Kier alpha value is -1.61. The number of aromatic nitrogens is 2. The number of thioether (sulfide) groups is 1. The third-order valence-electron chi connectivity index (χ3n) is 2.55. The van der Waals surface area contributed by atoms with Crippen molar-refractivity contribution in [3.05, 3.63) is 16.8 Å². The zero-order valence-electron chi connectivity index (χ0n) is 11.0. The van der Waals surface area contributed by atoms with E-state index in [0.29, 0.717) is 23.6 Å². The predicted octanol–water partition coefficient (Wildman–Crippen LogP) is 1.15. The Labute approximate surface area is 124 Å². The van der Waals surface area contributed by atoms with Crippen molar-refractivity contribution in [3.8, 4) is 0 Å². The molecule has 1 aliphatic heterocycles. The van der Waals surface area contributed by atoms with E-state index in [0.717, 1.165) is 4.34 Å². The first-order chi connectivity index (χ1) is 9.61. The number of esters is 1. The molecule has 0 unspecified atom stereocenters. The van der Waals surface area contributed by atoms with Crippen LogP contribution >= 0.6 is 23.1 Å². The van der Waals surface area contributed by atoms with E-state index in [1.165, 1.54) is 23.1 Å². The molecule has 108 valence electrons. The first-order valence-corrected chi connectivity index (χ1v) is 7.85. The van der Waals surface area contributed by atoms with Gasteiger partial charge in [0.05, 0.1) is 18.2 Å². The lowest BCUT2D eigenvalue weighted by Crippen LogP contribution is -2.49. The van der Waals surface area contributed by atoms with Crippen molar-refractivity contribution in [3.63, 3.8) is 0 Å². The molecule has 0 spiro atoms. The second-order valence-electron chi connectivity index (χ2n) is 3.93. The van der Waals surface area contributed by atoms with E-state index >= 15 is 0 Å². The average molecular weight is 314 g/mol. The fourth-order valence-electron chi connectivity index (χ4n) is 1.75. The first kappa shape index (κ1) is 14.8. The van der Waals surface area contributed by atoms with Gasteiger partial charge in [0, 0.05) is 11.4 Å². The van der Waals surface area contributed by atoms with Crippen LogP contribution in [0.15, 0.2) is 21.1 Å². The van der Waals surface area contributed by atoms with Gasteiger partial charge in [-0.25, -0.2) is 9.59 Å². The maximum Gasteiger partial charge on any atom is 0.337 e. The second-order valence-corrected chi connectivity index (χ2v) is 5.98. The molecule has 1 aliphatic rings. The molecule has 0 fully saturated rings. The van der Waals surface area contributed by atoms with Gasteiger partial charge in [0.1, 0.15) is 5.51 Å². The average Bonchev–Trinajstić information content (AvgIpc) is 2.88. The zero-order valence-corrected chi connectivity index (χ0v) is 12.6. The third-order valence-corrected chi connectivity index (χ3v) is 4.43. The van der Waals surface area contributed by atoms with E-state index in [1.807, 2.05) is 0 Å². The van der Waals surface area contributed by atoms with Gasteiger partial charge in [-0.2, -0.15) is 0 Å². The number of urea groups is 1. The van der Waals surface area contributed by atoms with Crippen LogP contribution < -0.4 is 10.6 Å². The maximum absolute atomic E-state index is 12.0. The molecule has 7 nitrogen and oxygen atoms in total. The maximum atomic E-state index is 12.0. The summed E-state index contributed by atoms with van der Waals surface area (Å²) >= 11 is 2.82. The minimum atomic E-state index is -0.416. The van der Waals surface area contributed by atoms with Crippen LogP contribution in [0.2, 0.25) is 0 Å². The largest absolute Gasteiger partial charge is 0.463 e.